The van der Waals surface area contributed by atoms with Gasteiger partial charge in [0.15, 0.2) is 11.5 Å². The monoisotopic (exact) mass is 356 g/mol. The van der Waals surface area contributed by atoms with Gasteiger partial charge in [-0.3, -0.25) is 4.79 Å². The molecule has 1 N–H and O–H groups in total. The Labute approximate surface area is 148 Å². The van der Waals surface area contributed by atoms with Crippen molar-refractivity contribution in [2.75, 3.05) is 19.5 Å². The number of thiophene rings is 1. The Kier molecular flexibility index (Phi) is 3.93. The summed E-state index contributed by atoms with van der Waals surface area (Å²) in [4.78, 5) is 14.0. The molecule has 1 amide bonds. The lowest BCUT2D eigenvalue weighted by Crippen LogP contribution is -2.16. The molecule has 0 atom stereocenters. The van der Waals surface area contributed by atoms with Gasteiger partial charge in [-0.2, -0.15) is 0 Å². The Hall–Kier alpha value is -2.80. The quantitative estimate of drug-likeness (QED) is 0.770. The largest absolute Gasteiger partial charge is 0.497 e. The Balaban J connectivity index is 1.66. The molecule has 1 aliphatic rings. The SMILES string of the molecule is COc1ccc(OC)c(NC(=O)c2noc3c2CCc2sccc2-3)c1. The van der Waals surface area contributed by atoms with E-state index in [4.69, 9.17) is 14.0 Å². The number of hydrogen-bond donors (Lipinski definition) is 1. The minimum Gasteiger partial charge on any atom is -0.497 e. The molecule has 2 aromatic heterocycles. The van der Waals surface area contributed by atoms with Crippen molar-refractivity contribution in [2.24, 2.45) is 0 Å². The van der Waals surface area contributed by atoms with Crippen LogP contribution in [0.25, 0.3) is 11.3 Å². The van der Waals surface area contributed by atoms with E-state index in [2.05, 4.69) is 10.5 Å². The van der Waals surface area contributed by atoms with Gasteiger partial charge in [-0.15, -0.1) is 11.3 Å². The summed E-state index contributed by atoms with van der Waals surface area (Å²) >= 11 is 1.70. The molecule has 4 rings (SSSR count). The summed E-state index contributed by atoms with van der Waals surface area (Å²) in [7, 11) is 3.12. The van der Waals surface area contributed by atoms with Gasteiger partial charge in [-0.05, 0) is 36.4 Å². The highest BCUT2D eigenvalue weighted by Crippen LogP contribution is 2.38. The van der Waals surface area contributed by atoms with Crippen LogP contribution in [0.15, 0.2) is 34.2 Å². The van der Waals surface area contributed by atoms with Gasteiger partial charge < -0.3 is 19.3 Å². The molecule has 0 bridgehead atoms. The molecule has 0 fully saturated rings. The van der Waals surface area contributed by atoms with Crippen molar-refractivity contribution >= 4 is 22.9 Å². The second kappa shape index (κ2) is 6.25. The zero-order chi connectivity index (χ0) is 17.4. The third kappa shape index (κ3) is 2.66. The summed E-state index contributed by atoms with van der Waals surface area (Å²) in [5.41, 5.74) is 2.73. The lowest BCUT2D eigenvalue weighted by atomic mass is 9.95. The summed E-state index contributed by atoms with van der Waals surface area (Å²) in [6, 6.07) is 7.23. The number of rotatable bonds is 4. The molecule has 0 unspecified atom stereocenters. The number of fused-ring (bicyclic) bond motifs is 3. The van der Waals surface area contributed by atoms with Crippen LogP contribution in [0.2, 0.25) is 0 Å². The fourth-order valence-corrected chi connectivity index (χ4v) is 3.88. The maximum absolute atomic E-state index is 12.7. The first-order valence-corrected chi connectivity index (χ1v) is 8.68. The van der Waals surface area contributed by atoms with Crippen LogP contribution in [0.3, 0.4) is 0 Å². The smallest absolute Gasteiger partial charge is 0.278 e. The standard InChI is InChI=1S/C18H16N2O4S/c1-22-10-3-5-14(23-2)13(9-10)19-18(21)16-12-4-6-15-11(7-8-25-15)17(12)24-20-16/h3,5,7-9H,4,6H2,1-2H3,(H,19,21). The Morgan fingerprint density at radius 3 is 2.92 bits per heavy atom. The third-order valence-corrected chi connectivity index (χ3v) is 5.23. The van der Waals surface area contributed by atoms with Crippen molar-refractivity contribution in [1.29, 1.82) is 0 Å². The molecule has 2 heterocycles. The van der Waals surface area contributed by atoms with E-state index in [1.165, 1.54) is 4.88 Å². The zero-order valence-corrected chi connectivity index (χ0v) is 14.6. The molecule has 0 spiro atoms. The van der Waals surface area contributed by atoms with Gasteiger partial charge in [0, 0.05) is 22.1 Å². The van der Waals surface area contributed by atoms with Crippen molar-refractivity contribution < 1.29 is 18.8 Å². The topological polar surface area (TPSA) is 73.6 Å². The first-order valence-electron chi connectivity index (χ1n) is 7.80. The maximum atomic E-state index is 12.7. The molecule has 3 aromatic rings. The van der Waals surface area contributed by atoms with Crippen LogP contribution < -0.4 is 14.8 Å². The van der Waals surface area contributed by atoms with E-state index in [9.17, 15) is 4.79 Å². The molecule has 25 heavy (non-hydrogen) atoms. The van der Waals surface area contributed by atoms with E-state index in [-0.39, 0.29) is 5.91 Å². The van der Waals surface area contributed by atoms with Gasteiger partial charge in [-0.25, -0.2) is 0 Å². The fraction of sp³-hybridized carbons (Fsp3) is 0.222. The number of anilines is 1. The number of hydrogen-bond acceptors (Lipinski definition) is 6. The lowest BCUT2D eigenvalue weighted by molar-refractivity contribution is 0.101. The highest BCUT2D eigenvalue weighted by atomic mass is 32.1. The third-order valence-electron chi connectivity index (χ3n) is 4.25. The number of benzene rings is 1. The second-order valence-corrected chi connectivity index (χ2v) is 6.62. The highest BCUT2D eigenvalue weighted by Gasteiger charge is 2.28. The summed E-state index contributed by atoms with van der Waals surface area (Å²) in [6.45, 7) is 0. The molecule has 6 nitrogen and oxygen atoms in total. The van der Waals surface area contributed by atoms with Crippen LogP contribution in [-0.4, -0.2) is 25.3 Å². The summed E-state index contributed by atoms with van der Waals surface area (Å²) in [6.07, 6.45) is 1.63. The Morgan fingerprint density at radius 1 is 1.24 bits per heavy atom. The van der Waals surface area contributed by atoms with Gasteiger partial charge in [0.25, 0.3) is 5.91 Å². The summed E-state index contributed by atoms with van der Waals surface area (Å²) < 4.78 is 16.0. The molecule has 0 radical (unpaired) electrons. The lowest BCUT2D eigenvalue weighted by Gasteiger charge is -2.12. The van der Waals surface area contributed by atoms with E-state index in [1.807, 2.05) is 11.4 Å². The normalized spacial score (nSPS) is 12.2. The van der Waals surface area contributed by atoms with E-state index < -0.39 is 0 Å². The fourth-order valence-electron chi connectivity index (χ4n) is 3.00. The predicted molar refractivity (Wildman–Crippen MR) is 94.7 cm³/mol. The molecule has 0 saturated heterocycles. The number of methoxy groups -OCH3 is 2. The van der Waals surface area contributed by atoms with Crippen molar-refractivity contribution in [1.82, 2.24) is 5.16 Å². The van der Waals surface area contributed by atoms with Crippen LogP contribution in [0.1, 0.15) is 20.9 Å². The van der Waals surface area contributed by atoms with Gasteiger partial charge in [0.1, 0.15) is 11.5 Å². The molecular formula is C18H16N2O4S. The average Bonchev–Trinajstić information content (AvgIpc) is 3.27. The first kappa shape index (κ1) is 15.7. The number of nitrogens with one attached hydrogen (secondary N) is 1. The molecule has 1 aliphatic carbocycles. The summed E-state index contributed by atoms with van der Waals surface area (Å²) in [5.74, 6) is 1.55. The summed E-state index contributed by atoms with van der Waals surface area (Å²) in [5, 5.41) is 8.89. The number of ether oxygens (including phenoxy) is 2. The number of amides is 1. The molecule has 128 valence electrons. The van der Waals surface area contributed by atoms with Crippen LogP contribution in [0, 0.1) is 0 Å². The van der Waals surface area contributed by atoms with Crippen molar-refractivity contribution in [3.63, 3.8) is 0 Å². The molecule has 7 heteroatoms. The van der Waals surface area contributed by atoms with Gasteiger partial charge in [-0.1, -0.05) is 5.16 Å². The molecule has 0 saturated carbocycles. The maximum Gasteiger partial charge on any atom is 0.278 e. The zero-order valence-electron chi connectivity index (χ0n) is 13.8. The van der Waals surface area contributed by atoms with Crippen molar-refractivity contribution in [2.45, 2.75) is 12.8 Å². The number of carbonyl (C=O) groups is 1. The number of aryl methyl sites for hydroxylation is 1. The van der Waals surface area contributed by atoms with Gasteiger partial charge in [0.2, 0.25) is 0 Å². The van der Waals surface area contributed by atoms with Gasteiger partial charge >= 0.3 is 0 Å². The van der Waals surface area contributed by atoms with E-state index >= 15 is 0 Å². The number of nitrogens with zero attached hydrogens (tertiary/aromatic N) is 1. The Bertz CT molecular complexity index is 944. The minimum atomic E-state index is -0.324. The van der Waals surface area contributed by atoms with Crippen LogP contribution in [-0.2, 0) is 12.8 Å². The van der Waals surface area contributed by atoms with Crippen LogP contribution in [0.4, 0.5) is 5.69 Å². The average molecular weight is 356 g/mol. The van der Waals surface area contributed by atoms with Crippen LogP contribution in [0.5, 0.6) is 11.5 Å². The minimum absolute atomic E-state index is 0.316. The highest BCUT2D eigenvalue weighted by molar-refractivity contribution is 7.10. The van der Waals surface area contributed by atoms with E-state index in [1.54, 1.807) is 43.8 Å². The number of aromatic nitrogens is 1. The van der Waals surface area contributed by atoms with Gasteiger partial charge in [0.05, 0.1) is 19.9 Å². The van der Waals surface area contributed by atoms with Crippen LogP contribution >= 0.6 is 11.3 Å². The molecular weight excluding hydrogens is 340 g/mol. The molecule has 1 aromatic carbocycles. The van der Waals surface area contributed by atoms with E-state index in [0.717, 1.165) is 24.0 Å². The van der Waals surface area contributed by atoms with Crippen molar-refractivity contribution in [3.8, 4) is 22.8 Å². The van der Waals surface area contributed by atoms with E-state index in [0.29, 0.717) is 28.6 Å². The first-order chi connectivity index (χ1) is 12.2. The van der Waals surface area contributed by atoms with Crippen molar-refractivity contribution in [3.05, 3.63) is 45.8 Å². The predicted octanol–water partition coefficient (Wildman–Crippen LogP) is 3.77. The molecule has 0 aliphatic heterocycles. The second-order valence-electron chi connectivity index (χ2n) is 5.62. The Morgan fingerprint density at radius 2 is 2.12 bits per heavy atom. The number of carbonyl (C=O) groups excluding carboxylic acids is 1.